The maximum atomic E-state index is 13.8. The van der Waals surface area contributed by atoms with Gasteiger partial charge >= 0.3 is 0 Å². The van der Waals surface area contributed by atoms with Crippen LogP contribution in [-0.4, -0.2) is 106 Å². The number of likely N-dealkylation sites (tertiary alicyclic amines) is 3. The summed E-state index contributed by atoms with van der Waals surface area (Å²) >= 11 is 12.1. The Bertz CT molecular complexity index is 4650. The third-order valence-electron chi connectivity index (χ3n) is 17.3. The van der Waals surface area contributed by atoms with Gasteiger partial charge < -0.3 is 63.3 Å². The Morgan fingerprint density at radius 3 is 1.25 bits per heavy atom. The number of carbonyl (C=O) groups excluding carboxylic acids is 4. The van der Waals surface area contributed by atoms with Crippen molar-refractivity contribution >= 4 is 64.3 Å². The van der Waals surface area contributed by atoms with E-state index in [1.54, 1.807) is 102 Å². The van der Waals surface area contributed by atoms with E-state index in [1.165, 1.54) is 42.5 Å². The molecule has 12 N–H and O–H groups in total. The van der Waals surface area contributed by atoms with Crippen LogP contribution in [0.3, 0.4) is 0 Å². The van der Waals surface area contributed by atoms with E-state index in [0.29, 0.717) is 102 Å². The summed E-state index contributed by atoms with van der Waals surface area (Å²) < 4.78 is 75.1. The molecule has 3 fully saturated rings. The number of nitriles is 2. The number of nitrogens with two attached hydrogens (primary N) is 6. The number of benzene rings is 6. The zero-order valence-electron chi connectivity index (χ0n) is 53.9. The van der Waals surface area contributed by atoms with Crippen molar-refractivity contribution in [3.63, 3.8) is 0 Å². The summed E-state index contributed by atoms with van der Waals surface area (Å²) in [5.74, 6) is -2.47. The molecule has 4 atom stereocenters. The summed E-state index contributed by atoms with van der Waals surface area (Å²) in [5, 5.41) is 32.5. The van der Waals surface area contributed by atoms with Crippen molar-refractivity contribution in [2.75, 3.05) is 43.4 Å². The van der Waals surface area contributed by atoms with Crippen molar-refractivity contribution in [3.05, 3.63) is 190 Å². The molecule has 30 heteroatoms. The van der Waals surface area contributed by atoms with E-state index in [4.69, 9.17) is 77.1 Å². The third-order valence-corrected chi connectivity index (χ3v) is 17.9. The van der Waals surface area contributed by atoms with Gasteiger partial charge in [0.25, 0.3) is 17.7 Å². The van der Waals surface area contributed by atoms with Crippen LogP contribution in [0.2, 0.25) is 10.0 Å². The number of piperidine rings is 3. The fourth-order valence-electron chi connectivity index (χ4n) is 12.0. The van der Waals surface area contributed by atoms with Crippen molar-refractivity contribution in [1.29, 1.82) is 10.5 Å². The zero-order chi connectivity index (χ0) is 71.8. The van der Waals surface area contributed by atoms with Crippen LogP contribution in [0.5, 0.6) is 34.5 Å². The first kappa shape index (κ1) is 71.0. The molecule has 3 aliphatic rings. The Hall–Kier alpha value is -11.8. The number of hydrogen-bond acceptors (Lipinski definition) is 17. The van der Waals surface area contributed by atoms with Gasteiger partial charge in [-0.3, -0.25) is 19.2 Å². The number of nitrogens with zero attached hydrogens (tertiary/aromatic N) is 11. The predicted octanol–water partition coefficient (Wildman–Crippen LogP) is 12.3. The smallest absolute Gasteiger partial charge is 0.254 e. The Balaban J connectivity index is 0.000000162. The van der Waals surface area contributed by atoms with E-state index in [-0.39, 0.29) is 86.1 Å². The van der Waals surface area contributed by atoms with Crippen LogP contribution in [-0.2, 0) is 4.79 Å². The van der Waals surface area contributed by atoms with Gasteiger partial charge in [0.2, 0.25) is 5.91 Å². The molecule has 3 aliphatic heterocycles. The van der Waals surface area contributed by atoms with Gasteiger partial charge in [-0.25, -0.2) is 31.6 Å². The molecular weight excluding hydrogens is 1340 g/mol. The molecule has 24 nitrogen and oxygen atoms in total. The lowest BCUT2D eigenvalue weighted by atomic mass is 9.99. The Kier molecular flexibility index (Phi) is 21.9. The van der Waals surface area contributed by atoms with E-state index in [9.17, 15) is 42.0 Å². The number of aromatic nitrogens is 6. The monoisotopic (exact) mass is 1400 g/mol. The third kappa shape index (κ3) is 15.8. The van der Waals surface area contributed by atoms with Crippen molar-refractivity contribution in [2.24, 2.45) is 17.2 Å². The molecule has 0 spiro atoms. The number of carbonyl (C=O) groups is 4. The van der Waals surface area contributed by atoms with E-state index >= 15 is 0 Å². The number of hydrogen-bond donors (Lipinski definition) is 6. The fraction of sp³-hybridized carbons (Fsp3) is 0.243. The highest BCUT2D eigenvalue weighted by Crippen LogP contribution is 2.40. The number of amides is 4. The van der Waals surface area contributed by atoms with E-state index in [2.05, 4.69) is 34.3 Å². The molecule has 0 aliphatic carbocycles. The number of primary amides is 3. The second-order valence-corrected chi connectivity index (χ2v) is 24.6. The van der Waals surface area contributed by atoms with Gasteiger partial charge in [-0.15, -0.1) is 0 Å². The highest BCUT2D eigenvalue weighted by molar-refractivity contribution is 6.32. The van der Waals surface area contributed by atoms with Gasteiger partial charge in [-0.05, 0) is 180 Å². The van der Waals surface area contributed by atoms with Crippen molar-refractivity contribution in [2.45, 2.75) is 82.6 Å². The molecule has 9 aromatic rings. The molecule has 0 radical (unpaired) electrons. The predicted molar refractivity (Wildman–Crippen MR) is 366 cm³/mol. The minimum atomic E-state index is -0.820. The quantitative estimate of drug-likeness (QED) is 0.0297. The lowest BCUT2D eigenvalue weighted by Gasteiger charge is -2.37. The average Bonchev–Trinajstić information content (AvgIpc) is 1.64. The van der Waals surface area contributed by atoms with E-state index in [1.807, 2.05) is 13.8 Å². The van der Waals surface area contributed by atoms with Crippen LogP contribution >= 0.6 is 23.2 Å². The second kappa shape index (κ2) is 30.8. The number of rotatable bonds is 16. The minimum Gasteiger partial charge on any atom is -0.456 e. The zero-order valence-corrected chi connectivity index (χ0v) is 55.4. The molecule has 6 aromatic carbocycles. The Morgan fingerprint density at radius 2 is 0.880 bits per heavy atom. The Labute approximate surface area is 580 Å². The lowest BCUT2D eigenvalue weighted by molar-refractivity contribution is -0.130. The van der Waals surface area contributed by atoms with Gasteiger partial charge in [0.15, 0.2) is 24.0 Å². The lowest BCUT2D eigenvalue weighted by Crippen LogP contribution is -2.45. The standard InChI is InChI=1S/C25H25ClFN5O3.C23H22ClFN6O2.C22H20F2N6O2/c1-3-21(33)31-13-17(8-4-14(31)2)32-24(28)22(25(29)34)23(30-32)15-5-9-18(10-6-15)35-20-11-7-16(27)12-19(20)26;1-13-2-6-16(11-30(13)12-26)31-22(27)20(23(28)32)21(29-31)14-3-7-17(8-4-14)33-19-9-5-15(25)10-18(19)24;23-14-3-6-18(17(24)11-14)32-16-4-1-13(2-5-16)20-19(22(27)31)21(26)30(28-20)15-7-9-29(12-25)10-8-15/h3,5-7,9-12,14,17H,1,4,8,13,28H2,2H3,(H2,29,34);3-5,7-10,13,16H,2,6,11,27H2,1H3,(H2,28,32);1-6,11,15H,7-10,26H2,(H2,27,31). The molecule has 3 saturated heterocycles. The summed E-state index contributed by atoms with van der Waals surface area (Å²) in [6, 6.07) is 30.5. The fourth-order valence-corrected chi connectivity index (χ4v) is 12.4. The van der Waals surface area contributed by atoms with Crippen LogP contribution in [0.1, 0.15) is 102 Å². The molecule has 4 unspecified atom stereocenters. The second-order valence-electron chi connectivity index (χ2n) is 23.8. The molecule has 12 rings (SSSR count). The maximum absolute atomic E-state index is 13.8. The van der Waals surface area contributed by atoms with Crippen molar-refractivity contribution < 1.29 is 51.0 Å². The molecule has 516 valence electrons. The molecule has 3 aromatic heterocycles. The van der Waals surface area contributed by atoms with Crippen molar-refractivity contribution in [3.8, 4) is 80.7 Å². The molecule has 6 heterocycles. The number of halogens is 6. The summed E-state index contributed by atoms with van der Waals surface area (Å²) in [6.07, 6.45) is 9.99. The van der Waals surface area contributed by atoms with Crippen LogP contribution in [0, 0.1) is 46.2 Å². The minimum absolute atomic E-state index is 0.0597. The topological polar surface area (TPSA) is 363 Å². The highest BCUT2D eigenvalue weighted by atomic mass is 35.5. The summed E-state index contributed by atoms with van der Waals surface area (Å²) in [6.45, 7) is 9.54. The first-order chi connectivity index (χ1) is 47.8. The molecular formula is C70H67Cl2F4N17O7. The maximum Gasteiger partial charge on any atom is 0.254 e. The van der Waals surface area contributed by atoms with Gasteiger partial charge in [0.05, 0.1) is 34.7 Å². The van der Waals surface area contributed by atoms with Gasteiger partial charge in [0, 0.05) is 54.5 Å². The average molecular weight is 1410 g/mol. The summed E-state index contributed by atoms with van der Waals surface area (Å²) in [7, 11) is 0. The van der Waals surface area contributed by atoms with E-state index < -0.39 is 41.0 Å². The molecule has 4 amide bonds. The number of anilines is 3. The number of nitrogen functional groups attached to an aromatic ring is 3. The van der Waals surface area contributed by atoms with Crippen molar-refractivity contribution in [1.82, 2.24) is 44.0 Å². The van der Waals surface area contributed by atoms with Gasteiger partial charge in [0.1, 0.15) is 97.4 Å². The number of ether oxygens (including phenoxy) is 3. The van der Waals surface area contributed by atoms with E-state index in [0.717, 1.165) is 43.9 Å². The van der Waals surface area contributed by atoms with Crippen LogP contribution < -0.4 is 48.6 Å². The summed E-state index contributed by atoms with van der Waals surface area (Å²) in [5.41, 5.74) is 38.9. The molecule has 100 heavy (non-hydrogen) atoms. The van der Waals surface area contributed by atoms with Gasteiger partial charge in [-0.1, -0.05) is 29.8 Å². The highest BCUT2D eigenvalue weighted by Gasteiger charge is 2.35. The first-order valence-corrected chi connectivity index (χ1v) is 32.1. The van der Waals surface area contributed by atoms with Gasteiger partial charge in [-0.2, -0.15) is 25.8 Å². The van der Waals surface area contributed by atoms with Crippen LogP contribution in [0.15, 0.2) is 140 Å². The largest absolute Gasteiger partial charge is 0.456 e. The van der Waals surface area contributed by atoms with Crippen LogP contribution in [0.25, 0.3) is 33.8 Å². The Morgan fingerprint density at radius 1 is 0.510 bits per heavy atom. The normalized spacial score (nSPS) is 16.7. The summed E-state index contributed by atoms with van der Waals surface area (Å²) in [4.78, 5) is 54.0. The molecule has 0 saturated carbocycles. The SMILES string of the molecule is C=CC(=O)N1CC(n2nc(-c3ccc(Oc4ccc(F)cc4Cl)cc3)c(C(N)=O)c2N)CCC1C.CC1CCC(n2nc(-c3ccc(Oc4ccc(F)cc4Cl)cc3)c(C(N)=O)c2N)CN1C#N.N#CN1CCC(n2nc(-c3ccc(Oc4ccc(F)cc4F)cc3)c(C(N)=O)c2N)CC1. The molecule has 0 bridgehead atoms. The first-order valence-electron chi connectivity index (χ1n) is 31.3. The van der Waals surface area contributed by atoms with Crippen LogP contribution in [0.4, 0.5) is 35.0 Å².